The molecule has 0 aliphatic heterocycles. The van der Waals surface area contributed by atoms with Crippen LogP contribution >= 0.6 is 0 Å². The molecule has 0 saturated heterocycles. The van der Waals surface area contributed by atoms with E-state index in [0.29, 0.717) is 0 Å². The highest BCUT2D eigenvalue weighted by atomic mass is 32.2. The van der Waals surface area contributed by atoms with Crippen LogP contribution in [-0.4, -0.2) is 27.4 Å². The van der Waals surface area contributed by atoms with E-state index in [1.165, 1.54) is 19.1 Å². The first kappa shape index (κ1) is 17.2. The van der Waals surface area contributed by atoms with Crippen molar-refractivity contribution in [2.24, 2.45) is 0 Å². The van der Waals surface area contributed by atoms with E-state index >= 15 is 0 Å². The van der Waals surface area contributed by atoms with Gasteiger partial charge in [0.15, 0.2) is 0 Å². The smallest absolute Gasteiger partial charge is 0.240 e. The number of anilines is 1. The topological polar surface area (TPSA) is 66.5 Å². The summed E-state index contributed by atoms with van der Waals surface area (Å²) in [6.07, 6.45) is 0. The standard InChI is InChI=1S/C17H20N2O3S/c1-14-7-6-8-16(13-14)19(15(2)20)12-11-18-23(21,22)17-9-4-3-5-10-17/h3-10,13,18H,11-12H2,1-2H3. The molecule has 0 heterocycles. The summed E-state index contributed by atoms with van der Waals surface area (Å²) >= 11 is 0. The van der Waals surface area contributed by atoms with Gasteiger partial charge in [0, 0.05) is 25.7 Å². The summed E-state index contributed by atoms with van der Waals surface area (Å²) in [6, 6.07) is 15.7. The van der Waals surface area contributed by atoms with Crippen LogP contribution in [0.3, 0.4) is 0 Å². The Morgan fingerprint density at radius 2 is 1.78 bits per heavy atom. The lowest BCUT2D eigenvalue weighted by atomic mass is 10.2. The van der Waals surface area contributed by atoms with Crippen LogP contribution in [0.4, 0.5) is 5.69 Å². The normalized spacial score (nSPS) is 11.2. The maximum Gasteiger partial charge on any atom is 0.240 e. The molecule has 0 spiro atoms. The van der Waals surface area contributed by atoms with Gasteiger partial charge >= 0.3 is 0 Å². The van der Waals surface area contributed by atoms with Crippen LogP contribution in [0.2, 0.25) is 0 Å². The van der Waals surface area contributed by atoms with Gasteiger partial charge in [-0.05, 0) is 36.8 Å². The van der Waals surface area contributed by atoms with Gasteiger partial charge in [-0.15, -0.1) is 0 Å². The molecule has 0 bridgehead atoms. The van der Waals surface area contributed by atoms with Gasteiger partial charge in [-0.3, -0.25) is 4.79 Å². The molecular weight excluding hydrogens is 312 g/mol. The molecule has 6 heteroatoms. The lowest BCUT2D eigenvalue weighted by Gasteiger charge is -2.21. The molecule has 23 heavy (non-hydrogen) atoms. The minimum absolute atomic E-state index is 0.130. The summed E-state index contributed by atoms with van der Waals surface area (Å²) in [6.45, 7) is 3.82. The number of benzene rings is 2. The number of nitrogens with zero attached hydrogens (tertiary/aromatic N) is 1. The van der Waals surface area contributed by atoms with Gasteiger partial charge in [0.25, 0.3) is 0 Å². The van der Waals surface area contributed by atoms with Gasteiger partial charge in [0.1, 0.15) is 0 Å². The number of sulfonamides is 1. The maximum absolute atomic E-state index is 12.2. The van der Waals surface area contributed by atoms with Gasteiger partial charge in [0.2, 0.25) is 15.9 Å². The van der Waals surface area contributed by atoms with Crippen molar-refractivity contribution >= 4 is 21.6 Å². The predicted molar refractivity (Wildman–Crippen MR) is 90.8 cm³/mol. The van der Waals surface area contributed by atoms with Crippen molar-refractivity contribution in [3.63, 3.8) is 0 Å². The summed E-state index contributed by atoms with van der Waals surface area (Å²) in [5.41, 5.74) is 1.80. The van der Waals surface area contributed by atoms with Crippen molar-refractivity contribution in [3.05, 3.63) is 60.2 Å². The van der Waals surface area contributed by atoms with Crippen molar-refractivity contribution < 1.29 is 13.2 Å². The van der Waals surface area contributed by atoms with Crippen LogP contribution in [0.15, 0.2) is 59.5 Å². The third-order valence-corrected chi connectivity index (χ3v) is 4.85. The average molecular weight is 332 g/mol. The first-order valence-corrected chi connectivity index (χ1v) is 8.78. The van der Waals surface area contributed by atoms with E-state index < -0.39 is 10.0 Å². The molecule has 2 aromatic rings. The summed E-state index contributed by atoms with van der Waals surface area (Å²) in [7, 11) is -3.56. The second-order valence-corrected chi connectivity index (χ2v) is 6.99. The molecule has 1 N–H and O–H groups in total. The quantitative estimate of drug-likeness (QED) is 0.883. The van der Waals surface area contributed by atoms with Crippen LogP contribution in [0, 0.1) is 6.92 Å². The molecule has 0 atom stereocenters. The fourth-order valence-corrected chi connectivity index (χ4v) is 3.28. The molecule has 0 fully saturated rings. The first-order chi connectivity index (χ1) is 10.9. The number of amides is 1. The highest BCUT2D eigenvalue weighted by Crippen LogP contribution is 2.16. The Kier molecular flexibility index (Phi) is 5.52. The zero-order valence-corrected chi connectivity index (χ0v) is 14.0. The third-order valence-electron chi connectivity index (χ3n) is 3.37. The Balaban J connectivity index is 2.04. The van der Waals surface area contributed by atoms with E-state index in [-0.39, 0.29) is 23.9 Å². The predicted octanol–water partition coefficient (Wildman–Crippen LogP) is 2.33. The highest BCUT2D eigenvalue weighted by molar-refractivity contribution is 7.89. The molecule has 0 unspecified atom stereocenters. The maximum atomic E-state index is 12.2. The van der Waals surface area contributed by atoms with Crippen LogP contribution < -0.4 is 9.62 Å². The number of nitrogens with one attached hydrogen (secondary N) is 1. The summed E-state index contributed by atoms with van der Waals surface area (Å²) in [5.74, 6) is -0.130. The lowest BCUT2D eigenvalue weighted by Crippen LogP contribution is -2.37. The van der Waals surface area contributed by atoms with Crippen molar-refractivity contribution in [1.82, 2.24) is 4.72 Å². The molecule has 2 rings (SSSR count). The fraction of sp³-hybridized carbons (Fsp3) is 0.235. The SMILES string of the molecule is CC(=O)N(CCNS(=O)(=O)c1ccccc1)c1cccc(C)c1. The monoisotopic (exact) mass is 332 g/mol. The summed E-state index contributed by atoms with van der Waals surface area (Å²) in [4.78, 5) is 13.6. The van der Waals surface area contributed by atoms with E-state index in [9.17, 15) is 13.2 Å². The van der Waals surface area contributed by atoms with Gasteiger partial charge in [-0.25, -0.2) is 13.1 Å². The summed E-state index contributed by atoms with van der Waals surface area (Å²) in [5, 5.41) is 0. The van der Waals surface area contributed by atoms with E-state index in [2.05, 4.69) is 4.72 Å². The van der Waals surface area contributed by atoms with Crippen molar-refractivity contribution in [3.8, 4) is 0 Å². The first-order valence-electron chi connectivity index (χ1n) is 7.29. The van der Waals surface area contributed by atoms with Crippen molar-refractivity contribution in [1.29, 1.82) is 0 Å². The molecule has 0 aliphatic carbocycles. The third kappa shape index (κ3) is 4.64. The second kappa shape index (κ2) is 7.39. The number of rotatable bonds is 6. The van der Waals surface area contributed by atoms with E-state index in [0.717, 1.165) is 11.3 Å². The minimum atomic E-state index is -3.56. The van der Waals surface area contributed by atoms with Gasteiger partial charge in [-0.2, -0.15) is 0 Å². The Hall–Kier alpha value is -2.18. The molecule has 0 aromatic heterocycles. The average Bonchev–Trinajstić information content (AvgIpc) is 2.52. The number of hydrogen-bond acceptors (Lipinski definition) is 3. The number of hydrogen-bond donors (Lipinski definition) is 1. The van der Waals surface area contributed by atoms with E-state index in [1.807, 2.05) is 31.2 Å². The number of aryl methyl sites for hydroxylation is 1. The Morgan fingerprint density at radius 1 is 1.09 bits per heavy atom. The molecule has 0 aliphatic rings. The molecular formula is C17H20N2O3S. The summed E-state index contributed by atoms with van der Waals surface area (Å²) < 4.78 is 26.8. The molecule has 1 amide bonds. The van der Waals surface area contributed by atoms with Crippen molar-refractivity contribution in [2.75, 3.05) is 18.0 Å². The Labute approximate surface area is 137 Å². The minimum Gasteiger partial charge on any atom is -0.311 e. The lowest BCUT2D eigenvalue weighted by molar-refractivity contribution is -0.116. The molecule has 122 valence electrons. The fourth-order valence-electron chi connectivity index (χ4n) is 2.24. The van der Waals surface area contributed by atoms with Gasteiger partial charge in [0.05, 0.1) is 4.90 Å². The molecule has 0 radical (unpaired) electrons. The zero-order valence-electron chi connectivity index (χ0n) is 13.2. The van der Waals surface area contributed by atoms with Gasteiger partial charge < -0.3 is 4.90 Å². The van der Waals surface area contributed by atoms with E-state index in [4.69, 9.17) is 0 Å². The van der Waals surface area contributed by atoms with Crippen LogP contribution in [-0.2, 0) is 14.8 Å². The van der Waals surface area contributed by atoms with Crippen LogP contribution in [0.25, 0.3) is 0 Å². The highest BCUT2D eigenvalue weighted by Gasteiger charge is 2.15. The molecule has 5 nitrogen and oxygen atoms in total. The molecule has 2 aromatic carbocycles. The largest absolute Gasteiger partial charge is 0.311 e. The number of carbonyl (C=O) groups is 1. The second-order valence-electron chi connectivity index (χ2n) is 5.22. The van der Waals surface area contributed by atoms with Crippen molar-refractivity contribution in [2.45, 2.75) is 18.7 Å². The Bertz CT molecular complexity index is 773. The zero-order chi connectivity index (χ0) is 16.9. The Morgan fingerprint density at radius 3 is 2.39 bits per heavy atom. The van der Waals surface area contributed by atoms with Crippen LogP contribution in [0.1, 0.15) is 12.5 Å². The van der Waals surface area contributed by atoms with Crippen LogP contribution in [0.5, 0.6) is 0 Å². The van der Waals surface area contributed by atoms with Gasteiger partial charge in [-0.1, -0.05) is 30.3 Å². The number of carbonyl (C=O) groups excluding carboxylic acids is 1. The molecule has 0 saturated carbocycles. The van der Waals surface area contributed by atoms with E-state index in [1.54, 1.807) is 23.1 Å².